The van der Waals surface area contributed by atoms with Crippen LogP contribution in [0, 0.1) is 0 Å². The van der Waals surface area contributed by atoms with Crippen molar-refractivity contribution in [3.8, 4) is 11.5 Å². The van der Waals surface area contributed by atoms with Gasteiger partial charge in [-0.1, -0.05) is 54.6 Å². The fourth-order valence-corrected chi connectivity index (χ4v) is 6.96. The maximum Gasteiger partial charge on any atom is 0.328 e. The third-order valence-electron chi connectivity index (χ3n) is 11.1. The van der Waals surface area contributed by atoms with E-state index in [9.17, 15) is 83.4 Å². The summed E-state index contributed by atoms with van der Waals surface area (Å²) in [6.07, 6.45) is -4.42. The number of nitrogens with one attached hydrogen (secondary N) is 8. The van der Waals surface area contributed by atoms with Gasteiger partial charge >= 0.3 is 11.9 Å². The van der Waals surface area contributed by atoms with Gasteiger partial charge in [-0.2, -0.15) is 0 Å². The standard InChI is InChI=1S/C48H62N10O18/c1-24(61)40(47(74)56-31(18-26-7-11-28(62)12-8-26)42(69)51-21-38(65)52-36(23-60)48(75)76)58-45(72)33(17-25-5-3-2-4-6-25)53-44(71)34(20-39(66)67)55-43(70)32(19-27-9-13-29(63)14-10-27)54-46(73)35(22-59)57-41(68)30(49)15-16-37(50)64/h2-14,24,30-36,40,59-63H,15-23,49H2,1H3,(H2,50,64)(H,51,69)(H,52,65)(H,53,71)(H,54,73)(H,55,70)(H,56,74)(H,57,68)(H,58,72)(H,66,67)(H,75,76)/t24-,30+,31+,32+,33+,34+,35+,36+,40+/m1/s1. The number of phenolic OH excluding ortho intramolecular Hbond substituents is 2. The molecule has 3 aromatic rings. The second kappa shape index (κ2) is 30.5. The topological polar surface area (TPSA) is 478 Å². The van der Waals surface area contributed by atoms with Crippen molar-refractivity contribution >= 4 is 65.1 Å². The van der Waals surface area contributed by atoms with E-state index >= 15 is 0 Å². The van der Waals surface area contributed by atoms with Gasteiger partial charge in [0.05, 0.1) is 38.3 Å². The highest BCUT2D eigenvalue weighted by Gasteiger charge is 2.36. The smallest absolute Gasteiger partial charge is 0.328 e. The number of aliphatic hydroxyl groups is 3. The van der Waals surface area contributed by atoms with E-state index in [1.807, 2.05) is 5.32 Å². The number of hydrogen-bond acceptors (Lipinski definition) is 17. The molecule has 28 nitrogen and oxygen atoms in total. The normalized spacial score (nSPS) is 14.4. The second-order valence-electron chi connectivity index (χ2n) is 17.2. The summed E-state index contributed by atoms with van der Waals surface area (Å²) in [7, 11) is 0. The predicted molar refractivity (Wildman–Crippen MR) is 262 cm³/mol. The minimum absolute atomic E-state index is 0.147. The molecule has 0 fully saturated rings. The van der Waals surface area contributed by atoms with Gasteiger partial charge in [0.1, 0.15) is 53.8 Å². The van der Waals surface area contributed by atoms with E-state index in [4.69, 9.17) is 16.6 Å². The largest absolute Gasteiger partial charge is 0.508 e. The molecule has 0 aliphatic heterocycles. The van der Waals surface area contributed by atoms with Gasteiger partial charge in [0.15, 0.2) is 0 Å². The van der Waals surface area contributed by atoms with Gasteiger partial charge in [0.25, 0.3) is 0 Å². The van der Waals surface area contributed by atoms with E-state index in [1.54, 1.807) is 30.3 Å². The molecule has 28 heteroatoms. The number of nitrogens with two attached hydrogens (primary N) is 2. The molecule has 0 bridgehead atoms. The number of primary amides is 1. The molecule has 412 valence electrons. The Morgan fingerprint density at radius 2 is 0.934 bits per heavy atom. The van der Waals surface area contributed by atoms with Crippen molar-refractivity contribution in [1.82, 2.24) is 42.5 Å². The minimum Gasteiger partial charge on any atom is -0.508 e. The molecule has 0 saturated carbocycles. The number of amides is 9. The van der Waals surface area contributed by atoms with E-state index in [0.29, 0.717) is 16.7 Å². The Balaban J connectivity index is 1.92. The van der Waals surface area contributed by atoms with Crippen molar-refractivity contribution in [1.29, 1.82) is 0 Å². The van der Waals surface area contributed by atoms with Gasteiger partial charge in [-0.3, -0.25) is 47.9 Å². The molecule has 0 radical (unpaired) electrons. The van der Waals surface area contributed by atoms with Crippen LogP contribution in [-0.2, 0) is 72.0 Å². The molecule has 9 amide bonds. The molecule has 3 rings (SSSR count). The summed E-state index contributed by atoms with van der Waals surface area (Å²) in [4.78, 5) is 143. The van der Waals surface area contributed by atoms with Crippen LogP contribution in [0.2, 0.25) is 0 Å². The SMILES string of the molecule is C[C@@H](O)[C@H](NC(=O)[C@H](Cc1ccccc1)NC(=O)[C@H](CC(=O)O)NC(=O)[C@H](Cc1ccc(O)cc1)NC(=O)[C@H](CO)NC(=O)[C@@H](N)CCC(N)=O)C(=O)N[C@@H](Cc1ccc(O)cc1)C(=O)NCC(=O)N[C@@H](CO)C(=O)O. The lowest BCUT2D eigenvalue weighted by Gasteiger charge is -2.28. The first-order valence-electron chi connectivity index (χ1n) is 23.3. The molecular formula is C48H62N10O18. The lowest BCUT2D eigenvalue weighted by atomic mass is 10.0. The van der Waals surface area contributed by atoms with Crippen molar-refractivity contribution < 1.29 is 88.5 Å². The maximum absolute atomic E-state index is 14.2. The first kappa shape index (κ1) is 61.6. The van der Waals surface area contributed by atoms with Crippen molar-refractivity contribution in [3.63, 3.8) is 0 Å². The number of carboxylic acids is 2. The number of rotatable bonds is 31. The monoisotopic (exact) mass is 1070 g/mol. The Morgan fingerprint density at radius 1 is 0.513 bits per heavy atom. The second-order valence-corrected chi connectivity index (χ2v) is 17.2. The van der Waals surface area contributed by atoms with Crippen LogP contribution < -0.4 is 54.0 Å². The molecule has 19 N–H and O–H groups in total. The average molecular weight is 1070 g/mol. The number of hydrogen-bond donors (Lipinski definition) is 17. The molecule has 0 aromatic heterocycles. The van der Waals surface area contributed by atoms with Crippen LogP contribution in [0.5, 0.6) is 11.5 Å². The van der Waals surface area contributed by atoms with E-state index in [0.717, 1.165) is 6.92 Å². The van der Waals surface area contributed by atoms with Crippen LogP contribution in [0.3, 0.4) is 0 Å². The lowest BCUT2D eigenvalue weighted by molar-refractivity contribution is -0.143. The van der Waals surface area contributed by atoms with Crippen molar-refractivity contribution in [2.75, 3.05) is 19.8 Å². The van der Waals surface area contributed by atoms with Crippen molar-refractivity contribution in [3.05, 3.63) is 95.6 Å². The third kappa shape index (κ3) is 21.0. The number of aliphatic carboxylic acids is 2. The summed E-state index contributed by atoms with van der Waals surface area (Å²) in [6.45, 7) is -1.74. The van der Waals surface area contributed by atoms with E-state index < -0.39 is 152 Å². The van der Waals surface area contributed by atoms with Crippen LogP contribution in [0.15, 0.2) is 78.9 Å². The van der Waals surface area contributed by atoms with Crippen LogP contribution in [0.4, 0.5) is 0 Å². The number of carbonyl (C=O) groups excluding carboxylic acids is 9. The molecule has 0 aliphatic carbocycles. The summed E-state index contributed by atoms with van der Waals surface area (Å²) in [5.74, 6) is -13.3. The number of phenols is 2. The molecule has 0 saturated heterocycles. The Hall–Kier alpha value is -8.73. The number of aliphatic hydroxyl groups excluding tert-OH is 3. The first-order chi connectivity index (χ1) is 35.9. The number of benzene rings is 3. The summed E-state index contributed by atoms with van der Waals surface area (Å²) in [5.41, 5.74) is 12.0. The van der Waals surface area contributed by atoms with Crippen molar-refractivity contribution in [2.24, 2.45) is 11.5 Å². The number of carbonyl (C=O) groups is 11. The van der Waals surface area contributed by atoms with Crippen molar-refractivity contribution in [2.45, 2.75) is 99.9 Å². The molecule has 0 spiro atoms. The average Bonchev–Trinajstić information content (AvgIpc) is 3.37. The molecule has 0 heterocycles. The van der Waals surface area contributed by atoms with Gasteiger partial charge in [-0.05, 0) is 54.3 Å². The van der Waals surface area contributed by atoms with Gasteiger partial charge in [-0.15, -0.1) is 0 Å². The minimum atomic E-state index is -2.01. The first-order valence-corrected chi connectivity index (χ1v) is 23.3. The quantitative estimate of drug-likeness (QED) is 0.0285. The fraction of sp³-hybridized carbons (Fsp3) is 0.396. The highest BCUT2D eigenvalue weighted by atomic mass is 16.4. The summed E-state index contributed by atoms with van der Waals surface area (Å²) in [5, 5.41) is 86.8. The fourth-order valence-electron chi connectivity index (χ4n) is 6.96. The highest BCUT2D eigenvalue weighted by Crippen LogP contribution is 2.14. The number of carboxylic acid groups (broad SMARTS) is 2. The predicted octanol–water partition coefficient (Wildman–Crippen LogP) is -5.85. The zero-order valence-electron chi connectivity index (χ0n) is 40.8. The van der Waals surface area contributed by atoms with E-state index in [-0.39, 0.29) is 37.2 Å². The van der Waals surface area contributed by atoms with Crippen LogP contribution >= 0.6 is 0 Å². The zero-order valence-corrected chi connectivity index (χ0v) is 40.8. The Bertz CT molecular complexity index is 2520. The van der Waals surface area contributed by atoms with Crippen LogP contribution in [-0.4, -0.2) is 175 Å². The van der Waals surface area contributed by atoms with Crippen LogP contribution in [0.25, 0.3) is 0 Å². The Morgan fingerprint density at radius 3 is 1.39 bits per heavy atom. The maximum atomic E-state index is 14.2. The summed E-state index contributed by atoms with van der Waals surface area (Å²) >= 11 is 0. The highest BCUT2D eigenvalue weighted by molar-refractivity contribution is 5.99. The van der Waals surface area contributed by atoms with Gasteiger partial charge in [0.2, 0.25) is 53.2 Å². The summed E-state index contributed by atoms with van der Waals surface area (Å²) in [6, 6.07) is 4.78. The number of aromatic hydroxyl groups is 2. The molecule has 9 atom stereocenters. The zero-order chi connectivity index (χ0) is 56.6. The van der Waals surface area contributed by atoms with E-state index in [1.165, 1.54) is 48.5 Å². The molecular weight excluding hydrogens is 1000 g/mol. The molecule has 3 aromatic carbocycles. The Kier molecular flexibility index (Phi) is 24.7. The third-order valence-corrected chi connectivity index (χ3v) is 11.1. The summed E-state index contributed by atoms with van der Waals surface area (Å²) < 4.78 is 0. The van der Waals surface area contributed by atoms with Gasteiger partial charge < -0.3 is 89.7 Å². The van der Waals surface area contributed by atoms with Gasteiger partial charge in [0, 0.05) is 25.7 Å². The molecule has 0 aliphatic rings. The molecule has 76 heavy (non-hydrogen) atoms. The lowest BCUT2D eigenvalue weighted by Crippen LogP contribution is -2.62. The van der Waals surface area contributed by atoms with Gasteiger partial charge in [-0.25, -0.2) is 4.79 Å². The van der Waals surface area contributed by atoms with Crippen LogP contribution in [0.1, 0.15) is 42.9 Å². The van der Waals surface area contributed by atoms with E-state index in [2.05, 4.69) is 37.2 Å². The molecule has 0 unspecified atom stereocenters. The Labute approximate surface area is 433 Å².